The van der Waals surface area contributed by atoms with E-state index in [9.17, 15) is 4.79 Å². The smallest absolute Gasteiger partial charge is 0.236 e. The summed E-state index contributed by atoms with van der Waals surface area (Å²) in [5.41, 5.74) is 5.69. The van der Waals surface area contributed by atoms with Gasteiger partial charge in [0.25, 0.3) is 0 Å². The topological polar surface area (TPSA) is 64.3 Å². The Labute approximate surface area is 108 Å². The van der Waals surface area contributed by atoms with E-state index < -0.39 is 0 Å². The SMILES string of the molecule is CCOCCCNC(=O)C(N)CCSC.Cl. The molecule has 0 aliphatic rings. The Morgan fingerprint density at radius 3 is 2.81 bits per heavy atom. The van der Waals surface area contributed by atoms with Crippen molar-refractivity contribution >= 4 is 30.1 Å². The van der Waals surface area contributed by atoms with E-state index in [4.69, 9.17) is 10.5 Å². The second-order valence-electron chi connectivity index (χ2n) is 3.23. The molecule has 0 saturated carbocycles. The molecule has 0 rings (SSSR count). The van der Waals surface area contributed by atoms with Crippen LogP contribution in [0.15, 0.2) is 0 Å². The van der Waals surface area contributed by atoms with Crippen molar-refractivity contribution in [3.05, 3.63) is 0 Å². The van der Waals surface area contributed by atoms with Gasteiger partial charge in [-0.2, -0.15) is 11.8 Å². The van der Waals surface area contributed by atoms with E-state index in [0.29, 0.717) is 13.2 Å². The minimum atomic E-state index is -0.371. The van der Waals surface area contributed by atoms with Crippen molar-refractivity contribution in [3.63, 3.8) is 0 Å². The van der Waals surface area contributed by atoms with Crippen LogP contribution in [0.3, 0.4) is 0 Å². The van der Waals surface area contributed by atoms with Gasteiger partial charge in [0.1, 0.15) is 0 Å². The summed E-state index contributed by atoms with van der Waals surface area (Å²) in [7, 11) is 0. The molecule has 1 unspecified atom stereocenters. The summed E-state index contributed by atoms with van der Waals surface area (Å²) in [5, 5.41) is 2.80. The zero-order chi connectivity index (χ0) is 11.5. The lowest BCUT2D eigenvalue weighted by molar-refractivity contribution is -0.122. The molecule has 0 saturated heterocycles. The maximum absolute atomic E-state index is 11.4. The standard InChI is InChI=1S/C10H22N2O2S.ClH/c1-3-14-7-4-6-12-10(13)9(11)5-8-15-2;/h9H,3-8,11H2,1-2H3,(H,12,13);1H. The number of nitrogens with two attached hydrogens (primary N) is 1. The highest BCUT2D eigenvalue weighted by atomic mass is 35.5. The zero-order valence-electron chi connectivity index (χ0n) is 10.0. The molecule has 6 heteroatoms. The van der Waals surface area contributed by atoms with Gasteiger partial charge in [0, 0.05) is 19.8 Å². The Balaban J connectivity index is 0. The summed E-state index contributed by atoms with van der Waals surface area (Å²) < 4.78 is 5.15. The number of hydrogen-bond donors (Lipinski definition) is 2. The highest BCUT2D eigenvalue weighted by Crippen LogP contribution is 1.98. The maximum atomic E-state index is 11.4. The van der Waals surface area contributed by atoms with Crippen molar-refractivity contribution in [2.45, 2.75) is 25.8 Å². The molecule has 1 amide bonds. The van der Waals surface area contributed by atoms with E-state index in [1.165, 1.54) is 0 Å². The molecule has 1 atom stereocenters. The van der Waals surface area contributed by atoms with Gasteiger partial charge >= 0.3 is 0 Å². The Bertz CT molecular complexity index is 173. The summed E-state index contributed by atoms with van der Waals surface area (Å²) in [6.45, 7) is 4.01. The van der Waals surface area contributed by atoms with E-state index in [1.54, 1.807) is 11.8 Å². The van der Waals surface area contributed by atoms with Crippen molar-refractivity contribution in [2.75, 3.05) is 31.8 Å². The number of halogens is 1. The molecule has 0 fully saturated rings. The van der Waals surface area contributed by atoms with E-state index in [0.717, 1.165) is 25.2 Å². The fraction of sp³-hybridized carbons (Fsp3) is 0.900. The van der Waals surface area contributed by atoms with Crippen LogP contribution in [0, 0.1) is 0 Å². The van der Waals surface area contributed by atoms with Crippen molar-refractivity contribution in [1.82, 2.24) is 5.32 Å². The molecule has 98 valence electrons. The third-order valence-corrected chi connectivity index (χ3v) is 2.58. The molecule has 0 aliphatic heterocycles. The highest BCUT2D eigenvalue weighted by Gasteiger charge is 2.11. The first-order valence-corrected chi connectivity index (χ1v) is 6.71. The fourth-order valence-electron chi connectivity index (χ4n) is 1.04. The second-order valence-corrected chi connectivity index (χ2v) is 4.22. The quantitative estimate of drug-likeness (QED) is 0.615. The number of thioether (sulfide) groups is 1. The number of carbonyl (C=O) groups is 1. The molecule has 0 aliphatic carbocycles. The molecular weight excluding hydrogens is 248 g/mol. The van der Waals surface area contributed by atoms with Gasteiger partial charge in [-0.3, -0.25) is 4.79 Å². The predicted molar refractivity (Wildman–Crippen MR) is 72.3 cm³/mol. The first kappa shape index (κ1) is 18.4. The molecule has 0 heterocycles. The first-order valence-electron chi connectivity index (χ1n) is 5.32. The average molecular weight is 271 g/mol. The number of rotatable bonds is 9. The van der Waals surface area contributed by atoms with Gasteiger partial charge < -0.3 is 15.8 Å². The molecule has 4 nitrogen and oxygen atoms in total. The molecule has 0 spiro atoms. The van der Waals surface area contributed by atoms with E-state index >= 15 is 0 Å². The number of ether oxygens (including phenoxy) is 1. The van der Waals surface area contributed by atoms with Crippen LogP contribution in [0.25, 0.3) is 0 Å². The number of hydrogen-bond acceptors (Lipinski definition) is 4. The Kier molecular flexibility index (Phi) is 15.1. The maximum Gasteiger partial charge on any atom is 0.236 e. The predicted octanol–water partition coefficient (Wildman–Crippen LogP) is 1.03. The van der Waals surface area contributed by atoms with E-state index in [1.807, 2.05) is 13.2 Å². The zero-order valence-corrected chi connectivity index (χ0v) is 11.7. The van der Waals surface area contributed by atoms with Crippen LogP contribution in [0.1, 0.15) is 19.8 Å². The molecular formula is C10H23ClN2O2S. The molecule has 0 aromatic carbocycles. The molecule has 0 bridgehead atoms. The minimum absolute atomic E-state index is 0. The van der Waals surface area contributed by atoms with Crippen molar-refractivity contribution in [2.24, 2.45) is 5.73 Å². The fourth-order valence-corrected chi connectivity index (χ4v) is 1.53. The van der Waals surface area contributed by atoms with Crippen LogP contribution in [-0.4, -0.2) is 43.7 Å². The molecule has 16 heavy (non-hydrogen) atoms. The van der Waals surface area contributed by atoms with Crippen molar-refractivity contribution in [3.8, 4) is 0 Å². The van der Waals surface area contributed by atoms with Crippen LogP contribution in [-0.2, 0) is 9.53 Å². The minimum Gasteiger partial charge on any atom is -0.382 e. The third kappa shape index (κ3) is 10.5. The second kappa shape index (κ2) is 13.1. The van der Waals surface area contributed by atoms with E-state index in [-0.39, 0.29) is 24.4 Å². The van der Waals surface area contributed by atoms with Gasteiger partial charge in [-0.05, 0) is 31.8 Å². The highest BCUT2D eigenvalue weighted by molar-refractivity contribution is 7.98. The van der Waals surface area contributed by atoms with Gasteiger partial charge in [-0.15, -0.1) is 12.4 Å². The molecule has 0 aromatic rings. The van der Waals surface area contributed by atoms with Crippen LogP contribution in [0.2, 0.25) is 0 Å². The summed E-state index contributed by atoms with van der Waals surface area (Å²) in [6.07, 6.45) is 3.58. The Morgan fingerprint density at radius 1 is 1.56 bits per heavy atom. The summed E-state index contributed by atoms with van der Waals surface area (Å²) in [4.78, 5) is 11.4. The van der Waals surface area contributed by atoms with Crippen LogP contribution in [0.5, 0.6) is 0 Å². The Hall–Kier alpha value is 0.0300. The lowest BCUT2D eigenvalue weighted by atomic mass is 10.2. The van der Waals surface area contributed by atoms with Crippen LogP contribution in [0.4, 0.5) is 0 Å². The largest absolute Gasteiger partial charge is 0.382 e. The summed E-state index contributed by atoms with van der Waals surface area (Å²) >= 11 is 1.70. The number of carbonyl (C=O) groups excluding carboxylic acids is 1. The van der Waals surface area contributed by atoms with Gasteiger partial charge in [-0.25, -0.2) is 0 Å². The summed E-state index contributed by atoms with van der Waals surface area (Å²) in [5.74, 6) is 0.869. The number of amides is 1. The van der Waals surface area contributed by atoms with E-state index in [2.05, 4.69) is 5.32 Å². The third-order valence-electron chi connectivity index (χ3n) is 1.94. The van der Waals surface area contributed by atoms with Gasteiger partial charge in [0.15, 0.2) is 0 Å². The van der Waals surface area contributed by atoms with Crippen molar-refractivity contribution in [1.29, 1.82) is 0 Å². The normalized spacial score (nSPS) is 11.7. The lowest BCUT2D eigenvalue weighted by Gasteiger charge is -2.11. The molecule has 3 N–H and O–H groups in total. The monoisotopic (exact) mass is 270 g/mol. The van der Waals surface area contributed by atoms with Gasteiger partial charge in [0.2, 0.25) is 5.91 Å². The van der Waals surface area contributed by atoms with Crippen molar-refractivity contribution < 1.29 is 9.53 Å². The van der Waals surface area contributed by atoms with Crippen LogP contribution >= 0.6 is 24.2 Å². The lowest BCUT2D eigenvalue weighted by Crippen LogP contribution is -2.41. The van der Waals surface area contributed by atoms with Gasteiger partial charge in [0.05, 0.1) is 6.04 Å². The first-order chi connectivity index (χ1) is 7.22. The van der Waals surface area contributed by atoms with Gasteiger partial charge in [-0.1, -0.05) is 0 Å². The Morgan fingerprint density at radius 2 is 2.25 bits per heavy atom. The molecule has 0 radical (unpaired) electrons. The average Bonchev–Trinajstić information content (AvgIpc) is 2.25. The number of nitrogens with one attached hydrogen (secondary N) is 1. The molecule has 0 aromatic heterocycles. The van der Waals surface area contributed by atoms with Crippen LogP contribution < -0.4 is 11.1 Å². The summed E-state index contributed by atoms with van der Waals surface area (Å²) in [6, 6.07) is -0.371.